The first-order valence-corrected chi connectivity index (χ1v) is 6.15. The van der Waals surface area contributed by atoms with Gasteiger partial charge >= 0.3 is 6.18 Å². The summed E-state index contributed by atoms with van der Waals surface area (Å²) in [6.45, 7) is -0.181. The monoisotopic (exact) mass is 298 g/mol. The van der Waals surface area contributed by atoms with Crippen molar-refractivity contribution in [1.82, 2.24) is 10.3 Å². The molecule has 7 heteroatoms. The molecule has 1 aromatic heterocycles. The number of aromatic nitrogens is 1. The largest absolute Gasteiger partial charge is 0.416 e. The van der Waals surface area contributed by atoms with Crippen LogP contribution >= 0.6 is 0 Å². The fourth-order valence-corrected chi connectivity index (χ4v) is 1.80. The van der Waals surface area contributed by atoms with Gasteiger partial charge in [-0.3, -0.25) is 4.79 Å². The zero-order chi connectivity index (χ0) is 15.5. The third-order valence-corrected chi connectivity index (χ3v) is 2.90. The van der Waals surface area contributed by atoms with Crippen molar-refractivity contribution in [1.29, 1.82) is 0 Å². The number of amides is 1. The Balaban J connectivity index is 2.00. The molecule has 0 radical (unpaired) electrons. The summed E-state index contributed by atoms with van der Waals surface area (Å²) < 4.78 is 37.7. The van der Waals surface area contributed by atoms with E-state index in [1.807, 2.05) is 0 Å². The molecule has 1 heterocycles. The second kappa shape index (κ2) is 6.01. The summed E-state index contributed by atoms with van der Waals surface area (Å²) in [6, 6.07) is 7.57. The number of aliphatic hydroxyl groups excluding tert-OH is 1. The molecule has 4 nitrogen and oxygen atoms in total. The summed E-state index contributed by atoms with van der Waals surface area (Å²) in [4.78, 5) is 14.3. The Morgan fingerprint density at radius 2 is 2.05 bits per heavy atom. The molecule has 2 aromatic rings. The quantitative estimate of drug-likeness (QED) is 0.812. The SMILES string of the molecule is O=C(NCC(O)c1cccc(C(F)(F)F)c1)c1ccc[nH]1. The third-order valence-electron chi connectivity index (χ3n) is 2.90. The van der Waals surface area contributed by atoms with Crippen molar-refractivity contribution < 1.29 is 23.1 Å². The number of halogens is 3. The summed E-state index contributed by atoms with van der Waals surface area (Å²) in [5.41, 5.74) is -0.433. The van der Waals surface area contributed by atoms with Gasteiger partial charge in [0.2, 0.25) is 0 Å². The van der Waals surface area contributed by atoms with Crippen molar-refractivity contribution in [3.63, 3.8) is 0 Å². The number of hydrogen-bond donors (Lipinski definition) is 3. The van der Waals surface area contributed by atoms with Crippen LogP contribution in [0.15, 0.2) is 42.6 Å². The molecule has 21 heavy (non-hydrogen) atoms. The van der Waals surface area contributed by atoms with Gasteiger partial charge in [0.1, 0.15) is 5.69 Å². The van der Waals surface area contributed by atoms with Crippen molar-refractivity contribution in [3.8, 4) is 0 Å². The van der Waals surface area contributed by atoms with Gasteiger partial charge in [0.25, 0.3) is 5.91 Å². The van der Waals surface area contributed by atoms with Gasteiger partial charge in [-0.15, -0.1) is 0 Å². The predicted octanol–water partition coefficient (Wildman–Crippen LogP) is 2.50. The molecule has 0 aliphatic carbocycles. The molecular formula is C14H13F3N2O2. The number of nitrogens with one attached hydrogen (secondary N) is 2. The minimum Gasteiger partial charge on any atom is -0.387 e. The molecule has 1 amide bonds. The molecule has 1 unspecified atom stereocenters. The lowest BCUT2D eigenvalue weighted by Crippen LogP contribution is -2.28. The normalized spacial score (nSPS) is 13.0. The van der Waals surface area contributed by atoms with E-state index in [2.05, 4.69) is 10.3 Å². The first-order chi connectivity index (χ1) is 9.88. The fourth-order valence-electron chi connectivity index (χ4n) is 1.80. The lowest BCUT2D eigenvalue weighted by Gasteiger charge is -2.14. The standard InChI is InChI=1S/C14H13F3N2O2/c15-14(16,17)10-4-1-3-9(7-10)12(20)8-19-13(21)11-5-2-6-18-11/h1-7,12,18,20H,8H2,(H,19,21). The van der Waals surface area contributed by atoms with Crippen molar-refractivity contribution in [2.45, 2.75) is 12.3 Å². The molecule has 112 valence electrons. The Bertz CT molecular complexity index is 609. The highest BCUT2D eigenvalue weighted by Gasteiger charge is 2.30. The Morgan fingerprint density at radius 1 is 1.29 bits per heavy atom. The molecule has 0 aliphatic heterocycles. The first kappa shape index (κ1) is 15.1. The van der Waals surface area contributed by atoms with E-state index in [0.29, 0.717) is 5.69 Å². The maximum Gasteiger partial charge on any atom is 0.416 e. The maximum absolute atomic E-state index is 12.6. The summed E-state index contributed by atoms with van der Waals surface area (Å²) in [7, 11) is 0. The molecule has 0 aliphatic rings. The second-order valence-corrected chi connectivity index (χ2v) is 4.43. The van der Waals surface area contributed by atoms with E-state index in [1.165, 1.54) is 12.1 Å². The van der Waals surface area contributed by atoms with Crippen LogP contribution in [0, 0.1) is 0 Å². The molecule has 0 bridgehead atoms. The van der Waals surface area contributed by atoms with Gasteiger partial charge in [0, 0.05) is 12.7 Å². The van der Waals surface area contributed by atoms with Crippen molar-refractivity contribution in [2.24, 2.45) is 0 Å². The third kappa shape index (κ3) is 3.85. The second-order valence-electron chi connectivity index (χ2n) is 4.43. The average molecular weight is 298 g/mol. The highest BCUT2D eigenvalue weighted by molar-refractivity contribution is 5.92. The predicted molar refractivity (Wildman–Crippen MR) is 69.5 cm³/mol. The molecule has 0 saturated carbocycles. The average Bonchev–Trinajstić information content (AvgIpc) is 2.98. The van der Waals surface area contributed by atoms with Crippen LogP contribution in [0.5, 0.6) is 0 Å². The van der Waals surface area contributed by atoms with Gasteiger partial charge in [-0.25, -0.2) is 0 Å². The zero-order valence-corrected chi connectivity index (χ0v) is 10.8. The van der Waals surface area contributed by atoms with Gasteiger partial charge in [0.15, 0.2) is 0 Å². The number of carbonyl (C=O) groups excluding carboxylic acids is 1. The minimum absolute atomic E-state index is 0.0941. The van der Waals surface area contributed by atoms with Crippen molar-refractivity contribution >= 4 is 5.91 Å². The Labute approximate surface area is 118 Å². The van der Waals surface area contributed by atoms with Gasteiger partial charge in [0.05, 0.1) is 11.7 Å². The van der Waals surface area contributed by atoms with Gasteiger partial charge < -0.3 is 15.4 Å². The van der Waals surface area contributed by atoms with Crippen LogP contribution in [0.25, 0.3) is 0 Å². The number of aliphatic hydroxyl groups is 1. The van der Waals surface area contributed by atoms with Crippen LogP contribution in [0.2, 0.25) is 0 Å². The van der Waals surface area contributed by atoms with Crippen LogP contribution in [0.4, 0.5) is 13.2 Å². The van der Waals surface area contributed by atoms with Gasteiger partial charge in [-0.2, -0.15) is 13.2 Å². The van der Waals surface area contributed by atoms with Crippen LogP contribution in [0.1, 0.15) is 27.7 Å². The van der Waals surface area contributed by atoms with Crippen LogP contribution in [0.3, 0.4) is 0 Å². The molecule has 0 fully saturated rings. The van der Waals surface area contributed by atoms with Crippen molar-refractivity contribution in [3.05, 3.63) is 59.4 Å². The number of benzene rings is 1. The zero-order valence-electron chi connectivity index (χ0n) is 10.8. The summed E-state index contributed by atoms with van der Waals surface area (Å²) in [5.74, 6) is -0.439. The molecular weight excluding hydrogens is 285 g/mol. The maximum atomic E-state index is 12.6. The minimum atomic E-state index is -4.47. The lowest BCUT2D eigenvalue weighted by atomic mass is 10.1. The summed E-state index contributed by atoms with van der Waals surface area (Å²) in [5, 5.41) is 12.3. The first-order valence-electron chi connectivity index (χ1n) is 6.15. The summed E-state index contributed by atoms with van der Waals surface area (Å²) >= 11 is 0. The lowest BCUT2D eigenvalue weighted by molar-refractivity contribution is -0.137. The number of carbonyl (C=O) groups is 1. The van der Waals surface area contributed by atoms with E-state index in [-0.39, 0.29) is 12.1 Å². The fraction of sp³-hybridized carbons (Fsp3) is 0.214. The van der Waals surface area contributed by atoms with E-state index in [1.54, 1.807) is 18.3 Å². The Hall–Kier alpha value is -2.28. The molecule has 3 N–H and O–H groups in total. The number of alkyl halides is 3. The van der Waals surface area contributed by atoms with Crippen LogP contribution < -0.4 is 5.32 Å². The molecule has 1 atom stereocenters. The number of hydrogen-bond acceptors (Lipinski definition) is 2. The van der Waals surface area contributed by atoms with E-state index < -0.39 is 23.8 Å². The van der Waals surface area contributed by atoms with E-state index in [0.717, 1.165) is 12.1 Å². The highest BCUT2D eigenvalue weighted by atomic mass is 19.4. The van der Waals surface area contributed by atoms with Crippen LogP contribution in [-0.2, 0) is 6.18 Å². The van der Waals surface area contributed by atoms with E-state index in [9.17, 15) is 23.1 Å². The number of rotatable bonds is 4. The molecule has 0 saturated heterocycles. The molecule has 2 rings (SSSR count). The highest BCUT2D eigenvalue weighted by Crippen LogP contribution is 2.30. The van der Waals surface area contributed by atoms with Gasteiger partial charge in [-0.1, -0.05) is 12.1 Å². The van der Waals surface area contributed by atoms with Crippen molar-refractivity contribution in [2.75, 3.05) is 6.54 Å². The number of H-pyrrole nitrogens is 1. The van der Waals surface area contributed by atoms with Crippen LogP contribution in [-0.4, -0.2) is 22.5 Å². The Morgan fingerprint density at radius 3 is 2.67 bits per heavy atom. The Kier molecular flexibility index (Phi) is 4.32. The number of aromatic amines is 1. The topological polar surface area (TPSA) is 65.1 Å². The van der Waals surface area contributed by atoms with Gasteiger partial charge in [-0.05, 0) is 29.8 Å². The van der Waals surface area contributed by atoms with E-state index in [4.69, 9.17) is 0 Å². The smallest absolute Gasteiger partial charge is 0.387 e. The van der Waals surface area contributed by atoms with E-state index >= 15 is 0 Å². The molecule has 1 aromatic carbocycles. The summed E-state index contributed by atoms with van der Waals surface area (Å²) in [6.07, 6.45) is -4.12. The molecule has 0 spiro atoms.